The summed E-state index contributed by atoms with van der Waals surface area (Å²) in [4.78, 5) is 16.9. The van der Waals surface area contributed by atoms with Crippen molar-refractivity contribution in [2.45, 2.75) is 25.3 Å². The second-order valence-electron chi connectivity index (χ2n) is 5.79. The van der Waals surface area contributed by atoms with E-state index < -0.39 is 14.9 Å². The average Bonchev–Trinajstić information content (AvgIpc) is 3.08. The Morgan fingerprint density at radius 1 is 1.21 bits per heavy atom. The lowest BCUT2D eigenvalue weighted by Crippen LogP contribution is -2.41. The molecule has 0 fully saturated rings. The van der Waals surface area contributed by atoms with Crippen LogP contribution < -0.4 is 15.4 Å². The van der Waals surface area contributed by atoms with Crippen LogP contribution in [0.2, 0.25) is 0 Å². The fraction of sp³-hybridized carbons (Fsp3) is 0.353. The summed E-state index contributed by atoms with van der Waals surface area (Å²) in [6, 6.07) is 9.00. The van der Waals surface area contributed by atoms with E-state index in [4.69, 9.17) is 0 Å². The molecular weight excluding hydrogens is 529 g/mol. The molecule has 29 heavy (non-hydrogen) atoms. The number of rotatable bonds is 9. The molecule has 0 unspecified atom stereocenters. The van der Waals surface area contributed by atoms with E-state index in [0.29, 0.717) is 25.6 Å². The van der Waals surface area contributed by atoms with Crippen LogP contribution in [0.5, 0.6) is 0 Å². The third-order valence-corrected chi connectivity index (χ3v) is 6.03. The third-order valence-electron chi connectivity index (χ3n) is 3.58. The number of hydrogen-bond donors (Lipinski definition) is 3. The first-order valence-corrected chi connectivity index (χ1v) is 10.9. The first kappa shape index (κ1) is 25.3. The summed E-state index contributed by atoms with van der Waals surface area (Å²) in [5.41, 5.74) is -0.272. The van der Waals surface area contributed by atoms with E-state index in [1.807, 2.05) is 26.0 Å². The van der Waals surface area contributed by atoms with Crippen LogP contribution in [0.25, 0.3) is 0 Å². The molecule has 2 aromatic rings. The van der Waals surface area contributed by atoms with Crippen LogP contribution in [0.15, 0.2) is 46.3 Å². The lowest BCUT2D eigenvalue weighted by molar-refractivity contribution is -0.385. The fourth-order valence-corrected chi connectivity index (χ4v) is 4.17. The van der Waals surface area contributed by atoms with Crippen molar-refractivity contribution in [1.29, 1.82) is 0 Å². The molecule has 12 heteroatoms. The molecule has 1 aromatic heterocycles. The standard InChI is InChI=1S/C17H23N5O4S2.HI/c1-3-18-17(20-12-15-8-7-13(2)27-15)19-9-10-21-28(25,26)16-6-4-5-14(11-16)22(23)24;/h4-8,11,21H,3,9-10,12H2,1-2H3,(H2,18,19,20);1H. The Labute approximate surface area is 191 Å². The highest BCUT2D eigenvalue weighted by Gasteiger charge is 2.17. The topological polar surface area (TPSA) is 126 Å². The molecule has 1 aromatic carbocycles. The molecular formula is C17H24IN5O4S2. The number of thiophene rings is 1. The normalized spacial score (nSPS) is 11.6. The fourth-order valence-electron chi connectivity index (χ4n) is 2.28. The van der Waals surface area contributed by atoms with Gasteiger partial charge in [-0.3, -0.25) is 10.1 Å². The minimum absolute atomic E-state index is 0. The van der Waals surface area contributed by atoms with Gasteiger partial charge in [0.2, 0.25) is 10.0 Å². The quantitative estimate of drug-likeness (QED) is 0.110. The molecule has 0 radical (unpaired) electrons. The molecule has 0 bridgehead atoms. The van der Waals surface area contributed by atoms with Crippen molar-refractivity contribution in [2.75, 3.05) is 19.6 Å². The minimum Gasteiger partial charge on any atom is -0.357 e. The number of non-ortho nitro benzene ring substituents is 1. The average molecular weight is 553 g/mol. The van der Waals surface area contributed by atoms with Gasteiger partial charge in [0.25, 0.3) is 5.69 Å². The van der Waals surface area contributed by atoms with Gasteiger partial charge in [-0.05, 0) is 32.0 Å². The number of aryl methyl sites for hydroxylation is 1. The molecule has 0 spiro atoms. The lowest BCUT2D eigenvalue weighted by Gasteiger charge is -2.12. The van der Waals surface area contributed by atoms with Crippen molar-refractivity contribution in [1.82, 2.24) is 15.4 Å². The molecule has 3 N–H and O–H groups in total. The summed E-state index contributed by atoms with van der Waals surface area (Å²) in [6.07, 6.45) is 0. The highest BCUT2D eigenvalue weighted by molar-refractivity contribution is 14.0. The number of nitrogens with zero attached hydrogens (tertiary/aromatic N) is 2. The van der Waals surface area contributed by atoms with Gasteiger partial charge in [0.05, 0.1) is 16.4 Å². The zero-order valence-corrected chi connectivity index (χ0v) is 20.0. The Bertz CT molecular complexity index is 947. The number of benzene rings is 1. The van der Waals surface area contributed by atoms with Crippen molar-refractivity contribution >= 4 is 57.0 Å². The smallest absolute Gasteiger partial charge is 0.270 e. The molecule has 2 rings (SSSR count). The first-order valence-electron chi connectivity index (χ1n) is 8.63. The molecule has 0 aliphatic rings. The summed E-state index contributed by atoms with van der Waals surface area (Å²) in [6.45, 7) is 5.60. The maximum absolute atomic E-state index is 12.3. The number of nitro benzene ring substituents is 1. The second kappa shape index (κ2) is 12.0. The number of nitrogens with one attached hydrogen (secondary N) is 3. The van der Waals surface area contributed by atoms with Gasteiger partial charge < -0.3 is 10.6 Å². The molecule has 0 saturated heterocycles. The zero-order valence-electron chi connectivity index (χ0n) is 16.0. The largest absolute Gasteiger partial charge is 0.357 e. The predicted molar refractivity (Wildman–Crippen MR) is 126 cm³/mol. The Kier molecular flexibility index (Phi) is 10.5. The lowest BCUT2D eigenvalue weighted by atomic mass is 10.3. The number of guanidine groups is 1. The van der Waals surface area contributed by atoms with E-state index >= 15 is 0 Å². The summed E-state index contributed by atoms with van der Waals surface area (Å²) in [5.74, 6) is 0.586. The van der Waals surface area contributed by atoms with Crippen molar-refractivity contribution in [3.05, 3.63) is 56.3 Å². The van der Waals surface area contributed by atoms with Crippen LogP contribution in [0.1, 0.15) is 16.7 Å². The van der Waals surface area contributed by atoms with Gasteiger partial charge in [0.15, 0.2) is 5.96 Å². The Morgan fingerprint density at radius 2 is 1.97 bits per heavy atom. The van der Waals surface area contributed by atoms with Crippen LogP contribution in [0, 0.1) is 17.0 Å². The van der Waals surface area contributed by atoms with Crippen LogP contribution >= 0.6 is 35.3 Å². The molecule has 1 heterocycles. The zero-order chi connectivity index (χ0) is 20.6. The highest BCUT2D eigenvalue weighted by Crippen LogP contribution is 2.17. The van der Waals surface area contributed by atoms with Crippen molar-refractivity contribution in [3.63, 3.8) is 0 Å². The number of aliphatic imine (C=N–C) groups is 1. The molecule has 160 valence electrons. The predicted octanol–water partition coefficient (Wildman–Crippen LogP) is 2.62. The van der Waals surface area contributed by atoms with Crippen LogP contribution in [-0.4, -0.2) is 38.9 Å². The van der Waals surface area contributed by atoms with Crippen molar-refractivity contribution in [2.24, 2.45) is 4.99 Å². The van der Waals surface area contributed by atoms with E-state index in [9.17, 15) is 18.5 Å². The monoisotopic (exact) mass is 553 g/mol. The Morgan fingerprint density at radius 3 is 2.59 bits per heavy atom. The van der Waals surface area contributed by atoms with Gasteiger partial charge in [-0.15, -0.1) is 35.3 Å². The summed E-state index contributed by atoms with van der Waals surface area (Å²) >= 11 is 1.68. The number of hydrogen-bond acceptors (Lipinski definition) is 6. The van der Waals surface area contributed by atoms with Crippen LogP contribution in [-0.2, 0) is 16.6 Å². The van der Waals surface area contributed by atoms with Gasteiger partial charge in [0.1, 0.15) is 0 Å². The summed E-state index contributed by atoms with van der Waals surface area (Å²) in [7, 11) is -3.83. The SMILES string of the molecule is CCNC(=NCc1ccc(C)s1)NCCNS(=O)(=O)c1cccc([N+](=O)[O-])c1.I. The van der Waals surface area contributed by atoms with E-state index in [2.05, 4.69) is 20.3 Å². The van der Waals surface area contributed by atoms with E-state index in [-0.39, 0.29) is 41.1 Å². The van der Waals surface area contributed by atoms with Gasteiger partial charge in [-0.25, -0.2) is 18.1 Å². The highest BCUT2D eigenvalue weighted by atomic mass is 127. The third kappa shape index (κ3) is 8.24. The maximum atomic E-state index is 12.3. The second-order valence-corrected chi connectivity index (χ2v) is 8.93. The van der Waals surface area contributed by atoms with Crippen LogP contribution in [0.3, 0.4) is 0 Å². The van der Waals surface area contributed by atoms with Gasteiger partial charge >= 0.3 is 0 Å². The molecule has 9 nitrogen and oxygen atoms in total. The van der Waals surface area contributed by atoms with Crippen LogP contribution in [0.4, 0.5) is 5.69 Å². The maximum Gasteiger partial charge on any atom is 0.270 e. The number of sulfonamides is 1. The molecule has 0 atom stereocenters. The van der Waals surface area contributed by atoms with Gasteiger partial charge in [-0.1, -0.05) is 6.07 Å². The number of halogens is 1. The molecule has 0 amide bonds. The molecule has 0 aliphatic carbocycles. The number of nitro groups is 1. The molecule has 0 aliphatic heterocycles. The Hall–Kier alpha value is -1.77. The Balaban J connectivity index is 0.00000420. The minimum atomic E-state index is -3.83. The summed E-state index contributed by atoms with van der Waals surface area (Å²) in [5, 5.41) is 17.0. The molecule has 0 saturated carbocycles. The van der Waals surface area contributed by atoms with Gasteiger partial charge in [-0.2, -0.15) is 0 Å². The first-order chi connectivity index (χ1) is 13.3. The summed E-state index contributed by atoms with van der Waals surface area (Å²) < 4.78 is 27.0. The van der Waals surface area contributed by atoms with Crippen molar-refractivity contribution in [3.8, 4) is 0 Å². The van der Waals surface area contributed by atoms with Gasteiger partial charge in [0, 0.05) is 41.5 Å². The van der Waals surface area contributed by atoms with Crippen molar-refractivity contribution < 1.29 is 13.3 Å². The van der Waals surface area contributed by atoms with E-state index in [1.54, 1.807) is 11.3 Å². The van der Waals surface area contributed by atoms with E-state index in [1.165, 1.54) is 23.1 Å². The van der Waals surface area contributed by atoms with E-state index in [0.717, 1.165) is 10.9 Å².